The Morgan fingerprint density at radius 1 is 0.253 bits per heavy atom. The van der Waals surface area contributed by atoms with Gasteiger partial charge in [-0.15, -0.1) is 0 Å². The van der Waals surface area contributed by atoms with Crippen LogP contribution in [-0.2, 0) is 4.08 Å². The van der Waals surface area contributed by atoms with E-state index in [1.807, 2.05) is 0 Å². The van der Waals surface area contributed by atoms with Gasteiger partial charge in [0, 0.05) is 33.9 Å². The van der Waals surface area contributed by atoms with E-state index >= 15 is 0 Å². The monoisotopic (exact) mass is 1010 g/mol. The van der Waals surface area contributed by atoms with Crippen LogP contribution in [0.2, 0.25) is 0 Å². The third-order valence-electron chi connectivity index (χ3n) is 15.1. The number of benzene rings is 11. The molecule has 0 N–H and O–H groups in total. The predicted octanol–water partition coefficient (Wildman–Crippen LogP) is 20.0. The van der Waals surface area contributed by atoms with E-state index < -0.39 is 20.1 Å². The van der Waals surface area contributed by atoms with Crippen molar-refractivity contribution in [1.82, 2.24) is 0 Å². The molecular weight excluding hydrogens is 945 g/mol. The number of para-hydroxylation sites is 2. The minimum atomic E-state index is -1.35. The van der Waals surface area contributed by atoms with Gasteiger partial charge < -0.3 is 9.80 Å². The molecule has 0 aliphatic heterocycles. The Balaban J connectivity index is 1.07. The SMILES string of the molecule is CS(C)(C)C1(S(C)(C)C)c2cc(N(c3ccccc3)c3cc(-c4ccccc4)ccc3-c3ccccc3)ccc2-c2cc3ccc(N(c4ccccc4)c4cc(-c5ccccc5)ccc4-c4ccccc4)cc3cc21. The summed E-state index contributed by atoms with van der Waals surface area (Å²) in [5.41, 5.74) is 21.9. The summed E-state index contributed by atoms with van der Waals surface area (Å²) in [6, 6.07) is 98.7. The molecule has 0 radical (unpaired) electrons. The summed E-state index contributed by atoms with van der Waals surface area (Å²) in [7, 11) is -2.71. The van der Waals surface area contributed by atoms with Gasteiger partial charge >= 0.3 is 0 Å². The molecular formula is C71H62N2S2. The summed E-state index contributed by atoms with van der Waals surface area (Å²) < 4.78 is -0.231. The highest BCUT2D eigenvalue weighted by molar-refractivity contribution is 8.48. The topological polar surface area (TPSA) is 6.48 Å². The number of nitrogens with zero attached hydrogens (tertiary/aromatic N) is 2. The fourth-order valence-corrected chi connectivity index (χ4v) is 21.4. The van der Waals surface area contributed by atoms with Gasteiger partial charge in [0.15, 0.2) is 0 Å². The Morgan fingerprint density at radius 3 is 1.07 bits per heavy atom. The summed E-state index contributed by atoms with van der Waals surface area (Å²) in [6.07, 6.45) is 15.4. The summed E-state index contributed by atoms with van der Waals surface area (Å²) in [5.74, 6) is 0. The molecule has 0 saturated carbocycles. The van der Waals surface area contributed by atoms with E-state index in [2.05, 4.69) is 314 Å². The molecule has 12 rings (SSSR count). The zero-order valence-electron chi connectivity index (χ0n) is 43.6. The van der Waals surface area contributed by atoms with Crippen LogP contribution in [0, 0.1) is 0 Å². The molecule has 0 bridgehead atoms. The molecule has 0 unspecified atom stereocenters. The summed E-state index contributed by atoms with van der Waals surface area (Å²) in [5, 5.41) is 2.48. The molecule has 0 amide bonds. The quantitative estimate of drug-likeness (QED) is 0.120. The lowest BCUT2D eigenvalue weighted by atomic mass is 9.96. The van der Waals surface area contributed by atoms with Crippen molar-refractivity contribution in [3.8, 4) is 55.6 Å². The summed E-state index contributed by atoms with van der Waals surface area (Å²) >= 11 is 0. The highest BCUT2D eigenvalue weighted by Gasteiger charge is 2.55. The molecule has 0 saturated heterocycles. The molecule has 0 atom stereocenters. The number of hydrogen-bond acceptors (Lipinski definition) is 2. The van der Waals surface area contributed by atoms with Crippen molar-refractivity contribution >= 4 is 65.0 Å². The highest BCUT2D eigenvalue weighted by atomic mass is 32.3. The fourth-order valence-electron chi connectivity index (χ4n) is 12.1. The first kappa shape index (κ1) is 48.0. The van der Waals surface area contributed by atoms with E-state index in [4.69, 9.17) is 0 Å². The van der Waals surface area contributed by atoms with Crippen LogP contribution < -0.4 is 9.80 Å². The van der Waals surface area contributed by atoms with Gasteiger partial charge in [-0.1, -0.05) is 194 Å². The normalized spacial score (nSPS) is 13.2. The minimum Gasteiger partial charge on any atom is -0.310 e. The van der Waals surface area contributed by atoms with Crippen LogP contribution in [0.3, 0.4) is 0 Å². The van der Waals surface area contributed by atoms with Crippen molar-refractivity contribution in [3.05, 3.63) is 278 Å². The Labute approximate surface area is 447 Å². The van der Waals surface area contributed by atoms with Gasteiger partial charge in [-0.2, -0.15) is 0 Å². The molecule has 11 aromatic carbocycles. The van der Waals surface area contributed by atoms with Crippen LogP contribution in [0.1, 0.15) is 11.1 Å². The first-order chi connectivity index (χ1) is 36.5. The number of anilines is 6. The molecule has 1 aliphatic carbocycles. The van der Waals surface area contributed by atoms with E-state index in [-0.39, 0.29) is 4.08 Å². The van der Waals surface area contributed by atoms with Gasteiger partial charge in [-0.3, -0.25) is 0 Å². The van der Waals surface area contributed by atoms with Crippen molar-refractivity contribution in [1.29, 1.82) is 0 Å². The van der Waals surface area contributed by atoms with Crippen LogP contribution in [-0.4, -0.2) is 37.5 Å². The average molecular weight is 1010 g/mol. The van der Waals surface area contributed by atoms with E-state index in [9.17, 15) is 0 Å². The van der Waals surface area contributed by atoms with Crippen LogP contribution >= 0.6 is 20.1 Å². The van der Waals surface area contributed by atoms with Crippen molar-refractivity contribution in [2.45, 2.75) is 4.08 Å². The lowest BCUT2D eigenvalue weighted by Crippen LogP contribution is -2.35. The van der Waals surface area contributed by atoms with Gasteiger partial charge in [0.1, 0.15) is 0 Å². The maximum absolute atomic E-state index is 2.60. The Hall–Kier alpha value is -8.02. The largest absolute Gasteiger partial charge is 0.310 e. The molecule has 0 fully saturated rings. The number of rotatable bonds is 12. The van der Waals surface area contributed by atoms with Crippen molar-refractivity contribution in [2.75, 3.05) is 47.3 Å². The second kappa shape index (κ2) is 19.4. The van der Waals surface area contributed by atoms with Crippen LogP contribution in [0.4, 0.5) is 34.1 Å². The molecule has 2 nitrogen and oxygen atoms in total. The molecule has 0 spiro atoms. The maximum atomic E-state index is 2.60. The van der Waals surface area contributed by atoms with E-state index in [0.717, 1.165) is 34.1 Å². The molecule has 0 heterocycles. The molecule has 75 heavy (non-hydrogen) atoms. The third kappa shape index (κ3) is 8.53. The minimum absolute atomic E-state index is 0.231. The maximum Gasteiger partial charge on any atom is 0.0812 e. The van der Waals surface area contributed by atoms with Gasteiger partial charge in [0.2, 0.25) is 0 Å². The summed E-state index contributed by atoms with van der Waals surface area (Å²) in [6.45, 7) is 0. The lowest BCUT2D eigenvalue weighted by Gasteiger charge is -2.58. The molecule has 4 heteroatoms. The molecule has 0 aromatic heterocycles. The second-order valence-electron chi connectivity index (χ2n) is 21.2. The second-order valence-corrected chi connectivity index (χ2v) is 30.1. The Bertz CT molecular complexity index is 3810. The number of hydrogen-bond donors (Lipinski definition) is 0. The van der Waals surface area contributed by atoms with Crippen LogP contribution in [0.25, 0.3) is 66.4 Å². The highest BCUT2D eigenvalue weighted by Crippen LogP contribution is 2.80. The van der Waals surface area contributed by atoms with Crippen molar-refractivity contribution < 1.29 is 0 Å². The Kier molecular flexibility index (Phi) is 12.4. The van der Waals surface area contributed by atoms with Crippen molar-refractivity contribution in [2.24, 2.45) is 0 Å². The van der Waals surface area contributed by atoms with Gasteiger partial charge in [0.25, 0.3) is 0 Å². The molecule has 368 valence electrons. The first-order valence-electron chi connectivity index (χ1n) is 25.8. The zero-order valence-corrected chi connectivity index (χ0v) is 45.2. The van der Waals surface area contributed by atoms with Crippen LogP contribution in [0.5, 0.6) is 0 Å². The van der Waals surface area contributed by atoms with E-state index in [1.54, 1.807) is 0 Å². The molecule has 1 aliphatic rings. The smallest absolute Gasteiger partial charge is 0.0812 e. The first-order valence-corrected chi connectivity index (χ1v) is 31.5. The van der Waals surface area contributed by atoms with Crippen molar-refractivity contribution in [3.63, 3.8) is 0 Å². The Morgan fingerprint density at radius 2 is 0.627 bits per heavy atom. The fraction of sp³-hybridized carbons (Fsp3) is 0.0986. The summed E-state index contributed by atoms with van der Waals surface area (Å²) in [4.78, 5) is 4.98. The molecule has 11 aromatic rings. The van der Waals surface area contributed by atoms with Gasteiger partial charge in [-0.25, -0.2) is 20.1 Å². The average Bonchev–Trinajstić information content (AvgIpc) is 3.92. The predicted molar refractivity (Wildman–Crippen MR) is 332 cm³/mol. The van der Waals surface area contributed by atoms with E-state index in [1.165, 1.54) is 77.5 Å². The zero-order chi connectivity index (χ0) is 51.3. The van der Waals surface area contributed by atoms with Crippen LogP contribution in [0.15, 0.2) is 267 Å². The van der Waals surface area contributed by atoms with Gasteiger partial charge in [0.05, 0.1) is 15.5 Å². The van der Waals surface area contributed by atoms with E-state index in [0.29, 0.717) is 0 Å². The van der Waals surface area contributed by atoms with Gasteiger partial charge in [-0.05, 0) is 177 Å². The standard InChI is InChI=1S/C71H62N2S2/c1-74(2,3)71(75(4,5)6)67-47-58-45-61(72(59-33-21-11-22-34-59)69-48-56(51-25-13-7-14-26-51)38-42-63(69)53-29-17-9-18-30-53)40-37-55(58)46-66(67)65-44-41-62(50-68(65)71)73(60-35-23-12-24-36-60)70-49-57(52-27-15-8-16-28-52)39-43-64(70)54-31-19-10-20-32-54/h7-50H,1-6H3. The number of fused-ring (bicyclic) bond motifs is 4. The lowest BCUT2D eigenvalue weighted by molar-refractivity contribution is 1.09. The third-order valence-corrected chi connectivity index (χ3v) is 22.4.